The maximum absolute atomic E-state index is 11.6. The average Bonchev–Trinajstić information content (AvgIpc) is 2.28. The largest absolute Gasteiger partial charge is 0.356 e. The maximum Gasteiger partial charge on any atom is 0.224 e. The third kappa shape index (κ3) is 4.45. The van der Waals surface area contributed by atoms with Gasteiger partial charge in [0.05, 0.1) is 6.42 Å². The first kappa shape index (κ1) is 12.7. The van der Waals surface area contributed by atoms with Crippen LogP contribution in [0.5, 0.6) is 0 Å². The van der Waals surface area contributed by atoms with E-state index in [4.69, 9.17) is 0 Å². The monoisotopic (exact) mass is 220 g/mol. The molecule has 88 valence electrons. The van der Waals surface area contributed by atoms with E-state index in [-0.39, 0.29) is 5.91 Å². The van der Waals surface area contributed by atoms with E-state index in [9.17, 15) is 4.79 Å². The fourth-order valence-electron chi connectivity index (χ4n) is 1.54. The van der Waals surface area contributed by atoms with Crippen LogP contribution in [0.1, 0.15) is 17.5 Å². The van der Waals surface area contributed by atoms with E-state index in [1.807, 2.05) is 38.2 Å². The summed E-state index contributed by atoms with van der Waals surface area (Å²) < 4.78 is 0. The molecular weight excluding hydrogens is 200 g/mol. The van der Waals surface area contributed by atoms with Gasteiger partial charge in [-0.25, -0.2) is 0 Å². The zero-order chi connectivity index (χ0) is 11.8. The van der Waals surface area contributed by atoms with Crippen LogP contribution < -0.4 is 10.6 Å². The first-order chi connectivity index (χ1) is 7.74. The standard InChI is InChI=1S/C13H20N2O/c1-11-6-3-4-7-12(11)10-13(16)15-9-5-8-14-2/h3-4,6-7,14H,5,8-10H2,1-2H3,(H,15,16). The number of carbonyl (C=O) groups is 1. The van der Waals surface area contributed by atoms with Gasteiger partial charge in [-0.05, 0) is 38.1 Å². The molecule has 0 atom stereocenters. The number of hydrogen-bond acceptors (Lipinski definition) is 2. The van der Waals surface area contributed by atoms with E-state index in [1.54, 1.807) is 0 Å². The molecule has 0 fully saturated rings. The Balaban J connectivity index is 2.32. The molecule has 0 aliphatic carbocycles. The predicted octanol–water partition coefficient (Wildman–Crippen LogP) is 1.26. The van der Waals surface area contributed by atoms with Gasteiger partial charge in [0, 0.05) is 6.54 Å². The lowest BCUT2D eigenvalue weighted by Crippen LogP contribution is -2.28. The van der Waals surface area contributed by atoms with Crippen LogP contribution >= 0.6 is 0 Å². The van der Waals surface area contributed by atoms with E-state index < -0.39 is 0 Å². The summed E-state index contributed by atoms with van der Waals surface area (Å²) in [5, 5.41) is 5.96. The Morgan fingerprint density at radius 1 is 1.25 bits per heavy atom. The summed E-state index contributed by atoms with van der Waals surface area (Å²) in [5.41, 5.74) is 2.28. The molecule has 0 heterocycles. The zero-order valence-electron chi connectivity index (χ0n) is 10.0. The van der Waals surface area contributed by atoms with Gasteiger partial charge in [0.25, 0.3) is 0 Å². The van der Waals surface area contributed by atoms with E-state index in [2.05, 4.69) is 10.6 Å². The van der Waals surface area contributed by atoms with Crippen LogP contribution in [0.15, 0.2) is 24.3 Å². The van der Waals surface area contributed by atoms with Crippen molar-refractivity contribution in [2.45, 2.75) is 19.8 Å². The Kier molecular flexibility index (Phi) is 5.57. The topological polar surface area (TPSA) is 41.1 Å². The zero-order valence-corrected chi connectivity index (χ0v) is 10.0. The van der Waals surface area contributed by atoms with Crippen LogP contribution in [-0.2, 0) is 11.2 Å². The Labute approximate surface area is 97.2 Å². The molecule has 0 aromatic heterocycles. The molecule has 1 rings (SSSR count). The second-order valence-electron chi connectivity index (χ2n) is 3.91. The molecule has 0 saturated carbocycles. The molecule has 0 aliphatic heterocycles. The number of nitrogens with one attached hydrogen (secondary N) is 2. The minimum atomic E-state index is 0.102. The van der Waals surface area contributed by atoms with E-state index in [1.165, 1.54) is 5.56 Å². The fraction of sp³-hybridized carbons (Fsp3) is 0.462. The molecule has 3 nitrogen and oxygen atoms in total. The van der Waals surface area contributed by atoms with Gasteiger partial charge in [-0.3, -0.25) is 4.79 Å². The second kappa shape index (κ2) is 7.01. The predicted molar refractivity (Wildman–Crippen MR) is 66.4 cm³/mol. The SMILES string of the molecule is CNCCCNC(=O)Cc1ccccc1C. The molecule has 1 aromatic rings. The van der Waals surface area contributed by atoms with Gasteiger partial charge in [0.15, 0.2) is 0 Å². The average molecular weight is 220 g/mol. The lowest BCUT2D eigenvalue weighted by Gasteiger charge is -2.07. The Morgan fingerprint density at radius 3 is 2.69 bits per heavy atom. The van der Waals surface area contributed by atoms with Crippen molar-refractivity contribution in [1.82, 2.24) is 10.6 Å². The molecule has 2 N–H and O–H groups in total. The van der Waals surface area contributed by atoms with Gasteiger partial charge < -0.3 is 10.6 Å². The summed E-state index contributed by atoms with van der Waals surface area (Å²) in [6, 6.07) is 7.99. The van der Waals surface area contributed by atoms with Gasteiger partial charge >= 0.3 is 0 Å². The Bertz CT molecular complexity index is 336. The summed E-state index contributed by atoms with van der Waals surface area (Å²) in [6.07, 6.45) is 1.45. The van der Waals surface area contributed by atoms with Crippen LogP contribution in [0, 0.1) is 6.92 Å². The fourth-order valence-corrected chi connectivity index (χ4v) is 1.54. The van der Waals surface area contributed by atoms with E-state index in [0.29, 0.717) is 6.42 Å². The van der Waals surface area contributed by atoms with Crippen molar-refractivity contribution in [3.63, 3.8) is 0 Å². The third-order valence-corrected chi connectivity index (χ3v) is 2.54. The number of amides is 1. The van der Waals surface area contributed by atoms with Gasteiger partial charge in [-0.1, -0.05) is 24.3 Å². The van der Waals surface area contributed by atoms with E-state index in [0.717, 1.165) is 25.1 Å². The number of hydrogen-bond donors (Lipinski definition) is 2. The van der Waals surface area contributed by atoms with Crippen molar-refractivity contribution < 1.29 is 4.79 Å². The molecule has 0 radical (unpaired) electrons. The highest BCUT2D eigenvalue weighted by atomic mass is 16.1. The van der Waals surface area contributed by atoms with Crippen molar-refractivity contribution in [3.8, 4) is 0 Å². The van der Waals surface area contributed by atoms with Crippen molar-refractivity contribution in [1.29, 1.82) is 0 Å². The van der Waals surface area contributed by atoms with Gasteiger partial charge in [-0.2, -0.15) is 0 Å². The first-order valence-electron chi connectivity index (χ1n) is 5.70. The molecule has 0 aliphatic rings. The van der Waals surface area contributed by atoms with Crippen LogP contribution in [0.25, 0.3) is 0 Å². The molecule has 16 heavy (non-hydrogen) atoms. The van der Waals surface area contributed by atoms with Crippen molar-refractivity contribution in [3.05, 3.63) is 35.4 Å². The molecule has 0 unspecified atom stereocenters. The lowest BCUT2D eigenvalue weighted by atomic mass is 10.1. The van der Waals surface area contributed by atoms with Crippen molar-refractivity contribution in [2.24, 2.45) is 0 Å². The third-order valence-electron chi connectivity index (χ3n) is 2.54. The summed E-state index contributed by atoms with van der Waals surface area (Å²) in [4.78, 5) is 11.6. The summed E-state index contributed by atoms with van der Waals surface area (Å²) in [5.74, 6) is 0.102. The lowest BCUT2D eigenvalue weighted by molar-refractivity contribution is -0.120. The number of carbonyl (C=O) groups excluding carboxylic acids is 1. The quantitative estimate of drug-likeness (QED) is 0.709. The van der Waals surface area contributed by atoms with Crippen molar-refractivity contribution >= 4 is 5.91 Å². The van der Waals surface area contributed by atoms with Crippen LogP contribution in [-0.4, -0.2) is 26.0 Å². The number of aryl methyl sites for hydroxylation is 1. The maximum atomic E-state index is 11.6. The molecule has 1 amide bonds. The minimum absolute atomic E-state index is 0.102. The van der Waals surface area contributed by atoms with E-state index >= 15 is 0 Å². The molecular formula is C13H20N2O. The molecule has 3 heteroatoms. The Hall–Kier alpha value is -1.35. The van der Waals surface area contributed by atoms with Gasteiger partial charge in [0.1, 0.15) is 0 Å². The Morgan fingerprint density at radius 2 is 2.00 bits per heavy atom. The van der Waals surface area contributed by atoms with Crippen LogP contribution in [0.3, 0.4) is 0 Å². The summed E-state index contributed by atoms with van der Waals surface area (Å²) in [6.45, 7) is 3.71. The van der Waals surface area contributed by atoms with Gasteiger partial charge in [0.2, 0.25) is 5.91 Å². The van der Waals surface area contributed by atoms with Crippen LogP contribution in [0.4, 0.5) is 0 Å². The smallest absolute Gasteiger partial charge is 0.224 e. The highest BCUT2D eigenvalue weighted by Gasteiger charge is 2.04. The molecule has 0 bridgehead atoms. The van der Waals surface area contributed by atoms with Gasteiger partial charge in [-0.15, -0.1) is 0 Å². The molecule has 0 saturated heterocycles. The first-order valence-corrected chi connectivity index (χ1v) is 5.70. The molecule has 1 aromatic carbocycles. The number of rotatable bonds is 6. The summed E-state index contributed by atoms with van der Waals surface area (Å²) in [7, 11) is 1.91. The van der Waals surface area contributed by atoms with Crippen LogP contribution in [0.2, 0.25) is 0 Å². The normalized spacial score (nSPS) is 10.1. The highest BCUT2D eigenvalue weighted by Crippen LogP contribution is 2.07. The number of benzene rings is 1. The second-order valence-corrected chi connectivity index (χ2v) is 3.91. The molecule has 0 spiro atoms. The minimum Gasteiger partial charge on any atom is -0.356 e. The highest BCUT2D eigenvalue weighted by molar-refractivity contribution is 5.78. The van der Waals surface area contributed by atoms with Crippen molar-refractivity contribution in [2.75, 3.05) is 20.1 Å². The summed E-state index contributed by atoms with van der Waals surface area (Å²) >= 11 is 0.